The summed E-state index contributed by atoms with van der Waals surface area (Å²) in [4.78, 5) is 17.4. The van der Waals surface area contributed by atoms with Crippen molar-refractivity contribution in [2.45, 2.75) is 31.9 Å². The molecule has 0 spiro atoms. The Kier molecular flexibility index (Phi) is 9.54. The molecule has 4 rings (SSSR count). The third-order valence-electron chi connectivity index (χ3n) is 6.34. The van der Waals surface area contributed by atoms with Crippen molar-refractivity contribution >= 4 is 28.0 Å². The molecule has 10 heteroatoms. The van der Waals surface area contributed by atoms with E-state index >= 15 is 0 Å². The Hall–Kier alpha value is -4.47. The number of amides is 1. The number of pyridine rings is 1. The molecule has 1 N–H and O–H groups in total. The van der Waals surface area contributed by atoms with Gasteiger partial charge in [-0.3, -0.25) is 9.89 Å². The quantitative estimate of drug-likeness (QED) is 0.0902. The predicted molar refractivity (Wildman–Crippen MR) is 150 cm³/mol. The van der Waals surface area contributed by atoms with Crippen LogP contribution in [0.3, 0.4) is 0 Å². The molecule has 2 aromatic heterocycles. The van der Waals surface area contributed by atoms with Crippen molar-refractivity contribution in [2.24, 2.45) is 0 Å². The van der Waals surface area contributed by atoms with E-state index in [4.69, 9.17) is 4.74 Å². The Morgan fingerprint density at radius 1 is 1.00 bits per heavy atom. The van der Waals surface area contributed by atoms with Gasteiger partial charge in [0.15, 0.2) is 0 Å². The maximum atomic E-state index is 14.4. The van der Waals surface area contributed by atoms with Crippen LogP contribution in [0.1, 0.15) is 42.4 Å². The van der Waals surface area contributed by atoms with Crippen molar-refractivity contribution in [1.82, 2.24) is 20.1 Å². The second-order valence-corrected chi connectivity index (χ2v) is 9.65. The van der Waals surface area contributed by atoms with E-state index in [0.29, 0.717) is 34.7 Å². The highest BCUT2D eigenvalue weighted by Crippen LogP contribution is 2.40. The highest BCUT2D eigenvalue weighted by atomic mass is 19.4. The minimum atomic E-state index is -4.49. The third-order valence-corrected chi connectivity index (χ3v) is 6.34. The van der Waals surface area contributed by atoms with Gasteiger partial charge in [-0.05, 0) is 65.8 Å². The summed E-state index contributed by atoms with van der Waals surface area (Å²) in [5.74, 6) is -0.403. The molecule has 0 aliphatic carbocycles. The van der Waals surface area contributed by atoms with Crippen molar-refractivity contribution in [3.05, 3.63) is 102 Å². The Bertz CT molecular complexity index is 1530. The Morgan fingerprint density at radius 2 is 1.76 bits per heavy atom. The average Bonchev–Trinajstić information content (AvgIpc) is 3.32. The molecule has 1 amide bonds. The number of carbonyl (C=O) groups is 1. The standard InChI is InChI=1S/C31H30F4N4O2/c1-39(2)28(40)12-8-3-4-9-17-41-27-16-14-23(20-36-27)29(22-13-15-26-24(18-22)30(32)38-37-26)25(19-31(33,34)35)21-10-6-5-7-11-21/h5-8,10-16,18,20H,3-4,9,17,19H2,1-2H3,(H,37,38)/b12-8+,29-25-. The number of benzene rings is 2. The van der Waals surface area contributed by atoms with Gasteiger partial charge in [0.25, 0.3) is 0 Å². The summed E-state index contributed by atoms with van der Waals surface area (Å²) >= 11 is 0. The van der Waals surface area contributed by atoms with Crippen LogP contribution in [0.25, 0.3) is 22.0 Å². The molecule has 0 unspecified atom stereocenters. The topological polar surface area (TPSA) is 71.1 Å². The summed E-state index contributed by atoms with van der Waals surface area (Å²) in [6, 6.07) is 16.3. The SMILES string of the molecule is CN(C)C(=O)/C=C/CCCCOc1ccc(/C(=C(/CC(F)(F)F)c2ccccc2)c2ccc3n[nH]c(F)c3c2)cn1. The zero-order chi connectivity index (χ0) is 29.4. The van der Waals surface area contributed by atoms with Gasteiger partial charge in [-0.2, -0.15) is 22.7 Å². The summed E-state index contributed by atoms with van der Waals surface area (Å²) in [6.45, 7) is 0.393. The molecule has 0 bridgehead atoms. The summed E-state index contributed by atoms with van der Waals surface area (Å²) in [6.07, 6.45) is 1.41. The van der Waals surface area contributed by atoms with E-state index in [9.17, 15) is 22.4 Å². The van der Waals surface area contributed by atoms with E-state index in [1.54, 1.807) is 68.7 Å². The molecule has 6 nitrogen and oxygen atoms in total. The lowest BCUT2D eigenvalue weighted by molar-refractivity contribution is -0.124. The van der Waals surface area contributed by atoms with E-state index in [-0.39, 0.29) is 22.4 Å². The summed E-state index contributed by atoms with van der Waals surface area (Å²) < 4.78 is 61.7. The van der Waals surface area contributed by atoms with Crippen molar-refractivity contribution in [1.29, 1.82) is 0 Å². The van der Waals surface area contributed by atoms with E-state index in [0.717, 1.165) is 19.3 Å². The van der Waals surface area contributed by atoms with Gasteiger partial charge in [-0.25, -0.2) is 4.98 Å². The number of aromatic amines is 1. The number of H-pyrrole nitrogens is 1. The molecule has 0 saturated carbocycles. The number of unbranched alkanes of at least 4 members (excludes halogenated alkanes) is 2. The van der Waals surface area contributed by atoms with Crippen molar-refractivity contribution in [3.63, 3.8) is 0 Å². The van der Waals surface area contributed by atoms with Gasteiger partial charge < -0.3 is 9.64 Å². The fraction of sp³-hybridized carbons (Fsp3) is 0.258. The zero-order valence-corrected chi connectivity index (χ0v) is 22.7. The average molecular weight is 567 g/mol. The predicted octanol–water partition coefficient (Wildman–Crippen LogP) is 7.20. The summed E-state index contributed by atoms with van der Waals surface area (Å²) in [5.41, 5.74) is 1.92. The largest absolute Gasteiger partial charge is 0.478 e. The Labute approximate surface area is 235 Å². The van der Waals surface area contributed by atoms with Crippen LogP contribution in [-0.4, -0.2) is 52.9 Å². The number of rotatable bonds is 11. The van der Waals surface area contributed by atoms with Crippen LogP contribution in [0.15, 0.2) is 79.0 Å². The Balaban J connectivity index is 1.61. The summed E-state index contributed by atoms with van der Waals surface area (Å²) in [5, 5.41) is 6.33. The number of allylic oxidation sites excluding steroid dienone is 2. The number of hydrogen-bond acceptors (Lipinski definition) is 4. The van der Waals surface area contributed by atoms with Gasteiger partial charge in [0, 0.05) is 31.9 Å². The number of halogens is 4. The number of ether oxygens (including phenoxy) is 1. The lowest BCUT2D eigenvalue weighted by atomic mass is 9.88. The fourth-order valence-corrected chi connectivity index (χ4v) is 4.31. The van der Waals surface area contributed by atoms with Gasteiger partial charge in [0.2, 0.25) is 17.7 Å². The lowest BCUT2D eigenvalue weighted by Gasteiger charge is -2.19. The van der Waals surface area contributed by atoms with Crippen molar-refractivity contribution in [3.8, 4) is 5.88 Å². The minimum absolute atomic E-state index is 0.0395. The second-order valence-electron chi connectivity index (χ2n) is 9.65. The Morgan fingerprint density at radius 3 is 2.44 bits per heavy atom. The number of alkyl halides is 3. The number of nitrogens with one attached hydrogen (secondary N) is 1. The van der Waals surface area contributed by atoms with Crippen LogP contribution in [0.4, 0.5) is 17.6 Å². The van der Waals surface area contributed by atoms with E-state index in [1.807, 2.05) is 6.08 Å². The molecule has 4 aromatic rings. The van der Waals surface area contributed by atoms with Crippen LogP contribution in [0.2, 0.25) is 0 Å². The number of fused-ring (bicyclic) bond motifs is 1. The highest BCUT2D eigenvalue weighted by Gasteiger charge is 2.31. The highest BCUT2D eigenvalue weighted by molar-refractivity contribution is 6.00. The number of aromatic nitrogens is 3. The third kappa shape index (κ3) is 8.03. The van der Waals surface area contributed by atoms with Crippen molar-refractivity contribution < 1.29 is 27.1 Å². The first kappa shape index (κ1) is 29.5. The molecule has 214 valence electrons. The number of carbonyl (C=O) groups excluding carboxylic acids is 1. The second kappa shape index (κ2) is 13.3. The maximum absolute atomic E-state index is 14.4. The first-order valence-corrected chi connectivity index (χ1v) is 13.1. The molecule has 0 fully saturated rings. The van der Waals surface area contributed by atoms with Crippen LogP contribution >= 0.6 is 0 Å². The van der Waals surface area contributed by atoms with Gasteiger partial charge in [-0.1, -0.05) is 42.5 Å². The molecular weight excluding hydrogens is 536 g/mol. The molecule has 0 saturated heterocycles. The molecular formula is C31H30F4N4O2. The van der Waals surface area contributed by atoms with Crippen LogP contribution in [0.5, 0.6) is 5.88 Å². The molecule has 2 heterocycles. The fourth-order valence-electron chi connectivity index (χ4n) is 4.31. The van der Waals surface area contributed by atoms with Gasteiger partial charge >= 0.3 is 6.18 Å². The number of hydrogen-bond donors (Lipinski definition) is 1. The van der Waals surface area contributed by atoms with Gasteiger partial charge in [0.1, 0.15) is 0 Å². The zero-order valence-electron chi connectivity index (χ0n) is 22.7. The van der Waals surface area contributed by atoms with Crippen LogP contribution < -0.4 is 4.74 Å². The van der Waals surface area contributed by atoms with E-state index in [1.165, 1.54) is 23.2 Å². The van der Waals surface area contributed by atoms with E-state index in [2.05, 4.69) is 15.2 Å². The summed E-state index contributed by atoms with van der Waals surface area (Å²) in [7, 11) is 3.38. The molecule has 0 atom stereocenters. The minimum Gasteiger partial charge on any atom is -0.478 e. The molecule has 0 radical (unpaired) electrons. The smallest absolute Gasteiger partial charge is 0.393 e. The maximum Gasteiger partial charge on any atom is 0.393 e. The van der Waals surface area contributed by atoms with Gasteiger partial charge in [-0.15, -0.1) is 0 Å². The van der Waals surface area contributed by atoms with Gasteiger partial charge in [0.05, 0.1) is 23.9 Å². The first-order chi connectivity index (χ1) is 19.6. The van der Waals surface area contributed by atoms with Crippen LogP contribution in [0, 0.1) is 5.95 Å². The van der Waals surface area contributed by atoms with E-state index < -0.39 is 18.5 Å². The molecule has 0 aliphatic rings. The molecule has 41 heavy (non-hydrogen) atoms. The van der Waals surface area contributed by atoms with Crippen molar-refractivity contribution in [2.75, 3.05) is 20.7 Å². The molecule has 2 aromatic carbocycles. The molecule has 0 aliphatic heterocycles. The number of likely N-dealkylation sites (N-methyl/N-ethyl adjacent to an activating group) is 1. The monoisotopic (exact) mass is 566 g/mol. The van der Waals surface area contributed by atoms with Crippen LogP contribution in [-0.2, 0) is 4.79 Å². The normalized spacial score (nSPS) is 12.5. The first-order valence-electron chi connectivity index (χ1n) is 13.1. The number of nitrogens with zero attached hydrogens (tertiary/aromatic N) is 3. The lowest BCUT2D eigenvalue weighted by Crippen LogP contribution is -2.18.